The van der Waals surface area contributed by atoms with Crippen molar-refractivity contribution in [2.45, 2.75) is 36.2 Å². The number of aryl methyl sites for hydroxylation is 1. The quantitative estimate of drug-likeness (QED) is 0.497. The first-order valence-electron chi connectivity index (χ1n) is 8.85. The van der Waals surface area contributed by atoms with E-state index in [0.29, 0.717) is 11.3 Å². The van der Waals surface area contributed by atoms with Crippen LogP contribution in [0.2, 0.25) is 0 Å². The number of nitrogens with one attached hydrogen (secondary N) is 1. The minimum Gasteiger partial charge on any atom is -0.289 e. The third-order valence-electron chi connectivity index (χ3n) is 4.85. The summed E-state index contributed by atoms with van der Waals surface area (Å²) in [5.41, 5.74) is -2.61. The lowest BCUT2D eigenvalue weighted by Gasteiger charge is -2.14. The highest BCUT2D eigenvalue weighted by molar-refractivity contribution is 7.89. The molecule has 0 unspecified atom stereocenters. The van der Waals surface area contributed by atoms with Crippen LogP contribution in [0, 0.1) is 5.82 Å². The number of hydrogen-bond acceptors (Lipinski definition) is 6. The standard InChI is InChI=1S/C16H14F5N5O3S2/c17-3-4-25-9-5-8(19)11(31(28,29)24-16(7-18)1-2-16)6-10(9)26(15(25)27)14-23-22-13(30-14)12(20)21/h5-6,12,24H,1-4,7H2. The number of benzene rings is 1. The molecule has 1 saturated carbocycles. The van der Waals surface area contributed by atoms with E-state index >= 15 is 0 Å². The number of alkyl halides is 4. The Morgan fingerprint density at radius 2 is 1.90 bits per heavy atom. The van der Waals surface area contributed by atoms with Crippen LogP contribution >= 0.6 is 11.3 Å². The fourth-order valence-electron chi connectivity index (χ4n) is 3.10. The molecule has 4 rings (SSSR count). The van der Waals surface area contributed by atoms with E-state index in [2.05, 4.69) is 14.9 Å². The first-order chi connectivity index (χ1) is 14.6. The average Bonchev–Trinajstić information content (AvgIpc) is 3.19. The van der Waals surface area contributed by atoms with Crippen LogP contribution in [0.5, 0.6) is 0 Å². The summed E-state index contributed by atoms with van der Waals surface area (Å²) >= 11 is 0.371. The van der Waals surface area contributed by atoms with E-state index in [1.165, 1.54) is 0 Å². The normalized spacial score (nSPS) is 15.8. The molecule has 0 bridgehead atoms. The highest BCUT2D eigenvalue weighted by Crippen LogP contribution is 2.38. The molecule has 2 aromatic heterocycles. The van der Waals surface area contributed by atoms with Crippen LogP contribution in [0.3, 0.4) is 0 Å². The van der Waals surface area contributed by atoms with Crippen LogP contribution in [-0.4, -0.2) is 46.6 Å². The lowest BCUT2D eigenvalue weighted by molar-refractivity contribution is 0.150. The summed E-state index contributed by atoms with van der Waals surface area (Å²) in [6, 6.07) is 1.53. The van der Waals surface area contributed by atoms with Gasteiger partial charge in [-0.15, -0.1) is 10.2 Å². The number of hydrogen-bond donors (Lipinski definition) is 1. The van der Waals surface area contributed by atoms with E-state index in [4.69, 9.17) is 0 Å². The molecule has 168 valence electrons. The number of sulfonamides is 1. The van der Waals surface area contributed by atoms with Crippen molar-refractivity contribution in [1.82, 2.24) is 24.1 Å². The van der Waals surface area contributed by atoms with Crippen molar-refractivity contribution in [2.24, 2.45) is 0 Å². The number of rotatable bonds is 8. The van der Waals surface area contributed by atoms with Gasteiger partial charge in [-0.05, 0) is 18.9 Å². The fraction of sp³-hybridized carbons (Fsp3) is 0.438. The molecule has 0 radical (unpaired) electrons. The molecule has 8 nitrogen and oxygen atoms in total. The number of imidazole rings is 1. The predicted molar refractivity (Wildman–Crippen MR) is 100 cm³/mol. The van der Waals surface area contributed by atoms with Gasteiger partial charge in [0.15, 0.2) is 5.01 Å². The molecule has 1 aliphatic carbocycles. The Hall–Kier alpha value is -2.39. The van der Waals surface area contributed by atoms with Gasteiger partial charge in [-0.25, -0.2) is 44.5 Å². The van der Waals surface area contributed by atoms with Gasteiger partial charge < -0.3 is 0 Å². The average molecular weight is 483 g/mol. The summed E-state index contributed by atoms with van der Waals surface area (Å²) in [6.07, 6.45) is -2.48. The van der Waals surface area contributed by atoms with E-state index in [-0.39, 0.29) is 29.0 Å². The van der Waals surface area contributed by atoms with Crippen LogP contribution in [0.1, 0.15) is 24.3 Å². The van der Waals surface area contributed by atoms with Crippen LogP contribution in [0.25, 0.3) is 16.2 Å². The molecule has 1 aliphatic rings. The SMILES string of the molecule is O=c1n(CCF)c2cc(F)c(S(=O)(=O)NC3(CF)CC3)cc2n1-c1nnc(C(F)F)s1. The van der Waals surface area contributed by atoms with Gasteiger partial charge in [0.25, 0.3) is 6.43 Å². The summed E-state index contributed by atoms with van der Waals surface area (Å²) in [5, 5.41) is 5.79. The van der Waals surface area contributed by atoms with Gasteiger partial charge >= 0.3 is 5.69 Å². The molecule has 31 heavy (non-hydrogen) atoms. The number of aromatic nitrogens is 4. The second-order valence-electron chi connectivity index (χ2n) is 6.97. The molecule has 0 atom stereocenters. The molecule has 0 spiro atoms. The Morgan fingerprint density at radius 1 is 1.19 bits per heavy atom. The molecule has 0 amide bonds. The molecule has 0 aliphatic heterocycles. The molecule has 1 N–H and O–H groups in total. The second-order valence-corrected chi connectivity index (χ2v) is 9.61. The molecule has 1 aromatic carbocycles. The first kappa shape index (κ1) is 21.8. The zero-order valence-electron chi connectivity index (χ0n) is 15.5. The van der Waals surface area contributed by atoms with Crippen molar-refractivity contribution in [3.05, 3.63) is 33.4 Å². The summed E-state index contributed by atoms with van der Waals surface area (Å²) < 4.78 is 95.7. The van der Waals surface area contributed by atoms with Gasteiger partial charge in [-0.2, -0.15) is 0 Å². The van der Waals surface area contributed by atoms with Crippen molar-refractivity contribution in [3.63, 3.8) is 0 Å². The van der Waals surface area contributed by atoms with Gasteiger partial charge in [0.1, 0.15) is 24.1 Å². The Bertz CT molecular complexity index is 1310. The van der Waals surface area contributed by atoms with Crippen molar-refractivity contribution in [1.29, 1.82) is 0 Å². The molecular formula is C16H14F5N5O3S2. The summed E-state index contributed by atoms with van der Waals surface area (Å²) in [7, 11) is -4.53. The van der Waals surface area contributed by atoms with Crippen LogP contribution in [-0.2, 0) is 16.6 Å². The largest absolute Gasteiger partial charge is 0.335 e. The minimum atomic E-state index is -4.53. The van der Waals surface area contributed by atoms with Gasteiger partial charge in [-0.1, -0.05) is 11.3 Å². The molecular weight excluding hydrogens is 469 g/mol. The zero-order valence-corrected chi connectivity index (χ0v) is 17.1. The van der Waals surface area contributed by atoms with Crippen LogP contribution in [0.4, 0.5) is 22.0 Å². The maximum atomic E-state index is 14.7. The highest BCUT2D eigenvalue weighted by Gasteiger charge is 2.47. The van der Waals surface area contributed by atoms with Crippen molar-refractivity contribution in [2.75, 3.05) is 13.3 Å². The van der Waals surface area contributed by atoms with Gasteiger partial charge in [0.05, 0.1) is 23.1 Å². The molecule has 15 heteroatoms. The molecule has 0 saturated heterocycles. The number of fused-ring (bicyclic) bond motifs is 1. The van der Waals surface area contributed by atoms with E-state index in [1.54, 1.807) is 0 Å². The third-order valence-corrected chi connectivity index (χ3v) is 7.36. The third kappa shape index (κ3) is 3.74. The van der Waals surface area contributed by atoms with E-state index in [0.717, 1.165) is 21.3 Å². The zero-order chi connectivity index (χ0) is 22.6. The van der Waals surface area contributed by atoms with Crippen molar-refractivity contribution in [3.8, 4) is 5.13 Å². The van der Waals surface area contributed by atoms with Crippen LogP contribution in [0.15, 0.2) is 21.8 Å². The Morgan fingerprint density at radius 3 is 2.45 bits per heavy atom. The smallest absolute Gasteiger partial charge is 0.289 e. The Labute approximate surface area is 175 Å². The van der Waals surface area contributed by atoms with E-state index in [9.17, 15) is 35.2 Å². The molecule has 2 heterocycles. The lowest BCUT2D eigenvalue weighted by atomic mass is 10.3. The lowest BCUT2D eigenvalue weighted by Crippen LogP contribution is -2.38. The van der Waals surface area contributed by atoms with E-state index in [1.807, 2.05) is 0 Å². The fourth-order valence-corrected chi connectivity index (χ4v) is 5.33. The first-order valence-corrected chi connectivity index (χ1v) is 11.1. The number of halogens is 5. The minimum absolute atomic E-state index is 0.167. The summed E-state index contributed by atoms with van der Waals surface area (Å²) in [4.78, 5) is 11.9. The van der Waals surface area contributed by atoms with E-state index < -0.39 is 63.3 Å². The van der Waals surface area contributed by atoms with Gasteiger partial charge in [-0.3, -0.25) is 4.57 Å². The highest BCUT2D eigenvalue weighted by atomic mass is 32.2. The Kier molecular flexibility index (Phi) is 5.37. The van der Waals surface area contributed by atoms with Gasteiger partial charge in [0.2, 0.25) is 15.2 Å². The monoisotopic (exact) mass is 483 g/mol. The molecule has 1 fully saturated rings. The molecule has 3 aromatic rings. The second kappa shape index (κ2) is 7.63. The van der Waals surface area contributed by atoms with Crippen molar-refractivity contribution >= 4 is 32.4 Å². The maximum absolute atomic E-state index is 14.7. The Balaban J connectivity index is 1.94. The topological polar surface area (TPSA) is 98.9 Å². The predicted octanol–water partition coefficient (Wildman–Crippen LogP) is 2.47. The van der Waals surface area contributed by atoms with Crippen molar-refractivity contribution < 1.29 is 30.4 Å². The van der Waals surface area contributed by atoms with Crippen LogP contribution < -0.4 is 10.4 Å². The van der Waals surface area contributed by atoms with Gasteiger partial charge in [0, 0.05) is 6.07 Å². The summed E-state index contributed by atoms with van der Waals surface area (Å²) in [5.74, 6) is -1.25. The maximum Gasteiger partial charge on any atom is 0.335 e. The number of nitrogens with zero attached hydrogens (tertiary/aromatic N) is 4. The summed E-state index contributed by atoms with van der Waals surface area (Å²) in [6.45, 7) is -2.47.